The Balaban J connectivity index is 1.86. The van der Waals surface area contributed by atoms with Gasteiger partial charge in [0.05, 0.1) is 27.0 Å². The summed E-state index contributed by atoms with van der Waals surface area (Å²) in [7, 11) is -0.613. The third-order valence-electron chi connectivity index (χ3n) is 4.44. The lowest BCUT2D eigenvalue weighted by molar-refractivity contribution is -0.126. The van der Waals surface area contributed by atoms with Gasteiger partial charge in [0.2, 0.25) is 15.9 Å². The average Bonchev–Trinajstić information content (AvgIpc) is 3.05. The maximum atomic E-state index is 12.9. The highest BCUT2D eigenvalue weighted by Crippen LogP contribution is 2.30. The smallest absolute Gasteiger partial charge is 0.242 e. The molecule has 30 heavy (non-hydrogen) atoms. The van der Waals surface area contributed by atoms with Crippen LogP contribution in [-0.2, 0) is 21.2 Å². The van der Waals surface area contributed by atoms with Gasteiger partial charge in [-0.25, -0.2) is 17.7 Å². The molecule has 6 nitrogen and oxygen atoms in total. The first kappa shape index (κ1) is 23.1. The molecule has 0 spiro atoms. The van der Waals surface area contributed by atoms with Crippen molar-refractivity contribution < 1.29 is 13.2 Å². The molecule has 1 aliphatic heterocycles. The molecule has 1 aliphatic rings. The van der Waals surface area contributed by atoms with E-state index >= 15 is 0 Å². The maximum Gasteiger partial charge on any atom is 0.242 e. The lowest BCUT2D eigenvalue weighted by Crippen LogP contribution is -2.33. The quantitative estimate of drug-likeness (QED) is 0.627. The Kier molecular flexibility index (Phi) is 7.14. The number of hydrogen-bond acceptors (Lipinski definition) is 5. The highest BCUT2D eigenvalue weighted by molar-refractivity contribution is 8.14. The number of rotatable bonds is 5. The van der Waals surface area contributed by atoms with Gasteiger partial charge in [0.1, 0.15) is 0 Å². The number of aliphatic imine (C=N–C) groups is 1. The van der Waals surface area contributed by atoms with Crippen LogP contribution < -0.4 is 0 Å². The topological polar surface area (TPSA) is 70.0 Å². The van der Waals surface area contributed by atoms with E-state index in [1.165, 1.54) is 38.0 Å². The maximum absolute atomic E-state index is 12.9. The molecule has 10 heteroatoms. The fourth-order valence-corrected chi connectivity index (χ4v) is 5.17. The van der Waals surface area contributed by atoms with Gasteiger partial charge in [-0.3, -0.25) is 9.69 Å². The molecule has 1 fully saturated rings. The largest absolute Gasteiger partial charge is 0.290 e. The van der Waals surface area contributed by atoms with E-state index in [0.29, 0.717) is 27.4 Å². The molecule has 0 radical (unpaired) electrons. The van der Waals surface area contributed by atoms with Crippen LogP contribution in [0.4, 0.5) is 5.69 Å². The number of thioether (sulfide) groups is 1. The predicted octanol–water partition coefficient (Wildman–Crippen LogP) is 4.44. The van der Waals surface area contributed by atoms with Crippen molar-refractivity contribution in [3.05, 3.63) is 58.1 Å². The van der Waals surface area contributed by atoms with Crippen molar-refractivity contribution in [2.75, 3.05) is 20.6 Å². The average molecular weight is 486 g/mol. The summed E-state index contributed by atoms with van der Waals surface area (Å²) in [6.45, 7) is 2.54. The molecule has 0 aliphatic carbocycles. The zero-order chi connectivity index (χ0) is 22.1. The van der Waals surface area contributed by atoms with Crippen LogP contribution in [0.25, 0.3) is 0 Å². The number of carbonyl (C=O) groups is 1. The highest BCUT2D eigenvalue weighted by atomic mass is 35.5. The molecule has 160 valence electrons. The van der Waals surface area contributed by atoms with Crippen molar-refractivity contribution in [1.29, 1.82) is 0 Å². The SMILES string of the molecule is CC1CN(C(=O)Cc2ccc(Cl)c(Cl)c2)C(=Nc2cccc(S(=O)(=O)N(C)C)c2)S1. The van der Waals surface area contributed by atoms with Crippen LogP contribution in [0, 0.1) is 0 Å². The summed E-state index contributed by atoms with van der Waals surface area (Å²) in [6.07, 6.45) is 0.165. The molecule has 3 rings (SSSR count). The van der Waals surface area contributed by atoms with Crippen LogP contribution >= 0.6 is 35.0 Å². The molecule has 0 saturated carbocycles. The second-order valence-electron chi connectivity index (χ2n) is 7.04. The highest BCUT2D eigenvalue weighted by Gasteiger charge is 2.31. The molecule has 0 aromatic heterocycles. The van der Waals surface area contributed by atoms with E-state index < -0.39 is 10.0 Å². The summed E-state index contributed by atoms with van der Waals surface area (Å²) in [5.41, 5.74) is 1.24. The van der Waals surface area contributed by atoms with E-state index in [1.54, 1.807) is 35.2 Å². The van der Waals surface area contributed by atoms with Gasteiger partial charge in [-0.05, 0) is 35.9 Å². The summed E-state index contributed by atoms with van der Waals surface area (Å²) in [5, 5.41) is 1.56. The molecule has 1 unspecified atom stereocenters. The first-order chi connectivity index (χ1) is 14.1. The summed E-state index contributed by atoms with van der Waals surface area (Å²) >= 11 is 13.5. The molecule has 1 heterocycles. The standard InChI is InChI=1S/C20H21Cl2N3O3S2/c1-13-12-25(19(26)10-14-7-8-17(21)18(22)9-14)20(29-13)23-15-5-4-6-16(11-15)30(27,28)24(2)3/h4-9,11,13H,10,12H2,1-3H3. The van der Waals surface area contributed by atoms with E-state index in [9.17, 15) is 13.2 Å². The molecule has 2 aromatic rings. The van der Waals surface area contributed by atoms with Gasteiger partial charge < -0.3 is 0 Å². The minimum absolute atomic E-state index is 0.110. The van der Waals surface area contributed by atoms with Gasteiger partial charge >= 0.3 is 0 Å². The monoisotopic (exact) mass is 485 g/mol. The van der Waals surface area contributed by atoms with Crippen LogP contribution in [-0.4, -0.2) is 54.6 Å². The van der Waals surface area contributed by atoms with Crippen LogP contribution in [0.3, 0.4) is 0 Å². The minimum atomic E-state index is -3.57. The van der Waals surface area contributed by atoms with E-state index in [-0.39, 0.29) is 22.5 Å². The lowest BCUT2D eigenvalue weighted by atomic mass is 10.1. The molecular weight excluding hydrogens is 465 g/mol. The van der Waals surface area contributed by atoms with Crippen LogP contribution in [0.2, 0.25) is 10.0 Å². The van der Waals surface area contributed by atoms with Crippen LogP contribution in [0.5, 0.6) is 0 Å². The van der Waals surface area contributed by atoms with Crippen molar-refractivity contribution in [3.63, 3.8) is 0 Å². The van der Waals surface area contributed by atoms with Gasteiger partial charge in [-0.2, -0.15) is 0 Å². The summed E-state index contributed by atoms with van der Waals surface area (Å²) in [4.78, 5) is 19.3. The molecule has 1 saturated heterocycles. The van der Waals surface area contributed by atoms with Gasteiger partial charge in [0, 0.05) is 25.9 Å². The van der Waals surface area contributed by atoms with Gasteiger partial charge in [0.15, 0.2) is 5.17 Å². The molecule has 0 bridgehead atoms. The number of halogens is 2. The van der Waals surface area contributed by atoms with Crippen LogP contribution in [0.1, 0.15) is 12.5 Å². The van der Waals surface area contributed by atoms with Crippen molar-refractivity contribution in [2.24, 2.45) is 4.99 Å². The summed E-state index contributed by atoms with van der Waals surface area (Å²) in [5.74, 6) is -0.110. The number of hydrogen-bond donors (Lipinski definition) is 0. The van der Waals surface area contributed by atoms with Crippen molar-refractivity contribution >= 4 is 61.7 Å². The lowest BCUT2D eigenvalue weighted by Gasteiger charge is -2.16. The number of nitrogens with zero attached hydrogens (tertiary/aromatic N) is 3. The fraction of sp³-hybridized carbons (Fsp3) is 0.300. The summed E-state index contributed by atoms with van der Waals surface area (Å²) in [6, 6.07) is 11.5. The Bertz CT molecular complexity index is 1100. The minimum Gasteiger partial charge on any atom is -0.290 e. The number of benzene rings is 2. The van der Waals surface area contributed by atoms with E-state index in [4.69, 9.17) is 23.2 Å². The third-order valence-corrected chi connectivity index (χ3v) is 8.06. The third kappa shape index (κ3) is 5.18. The zero-order valence-corrected chi connectivity index (χ0v) is 19.8. The Morgan fingerprint density at radius 1 is 1.20 bits per heavy atom. The zero-order valence-electron chi connectivity index (χ0n) is 16.7. The normalized spacial score (nSPS) is 18.4. The fourth-order valence-electron chi connectivity index (χ4n) is 2.87. The predicted molar refractivity (Wildman–Crippen MR) is 123 cm³/mol. The Morgan fingerprint density at radius 3 is 2.60 bits per heavy atom. The van der Waals surface area contributed by atoms with E-state index in [1.807, 2.05) is 6.92 Å². The number of amidine groups is 1. The Hall–Kier alpha value is -1.58. The molecule has 1 amide bonds. The first-order valence-electron chi connectivity index (χ1n) is 9.10. The second kappa shape index (κ2) is 9.28. The molecule has 1 atom stereocenters. The number of sulfonamides is 1. The van der Waals surface area contributed by atoms with Crippen molar-refractivity contribution in [3.8, 4) is 0 Å². The van der Waals surface area contributed by atoms with E-state index in [0.717, 1.165) is 9.87 Å². The van der Waals surface area contributed by atoms with Crippen molar-refractivity contribution in [2.45, 2.75) is 23.5 Å². The summed E-state index contributed by atoms with van der Waals surface area (Å²) < 4.78 is 25.9. The van der Waals surface area contributed by atoms with Crippen molar-refractivity contribution in [1.82, 2.24) is 9.21 Å². The number of amides is 1. The van der Waals surface area contributed by atoms with Crippen LogP contribution in [0.15, 0.2) is 52.4 Å². The first-order valence-corrected chi connectivity index (χ1v) is 12.2. The van der Waals surface area contributed by atoms with E-state index in [2.05, 4.69) is 4.99 Å². The van der Waals surface area contributed by atoms with Gasteiger partial charge in [-0.1, -0.05) is 54.0 Å². The molecule has 0 N–H and O–H groups in total. The van der Waals surface area contributed by atoms with Gasteiger partial charge in [-0.15, -0.1) is 0 Å². The molecular formula is C20H21Cl2N3O3S2. The molecule has 2 aromatic carbocycles. The van der Waals surface area contributed by atoms with Gasteiger partial charge in [0.25, 0.3) is 0 Å². The Labute approximate surface area is 190 Å². The Morgan fingerprint density at radius 2 is 1.93 bits per heavy atom. The number of carbonyl (C=O) groups excluding carboxylic acids is 1. The second-order valence-corrected chi connectivity index (χ2v) is 11.4.